The average molecular weight is 275 g/mol. The smallest absolute Gasteiger partial charge is 0.224 e. The van der Waals surface area contributed by atoms with Crippen LogP contribution in [-0.4, -0.2) is 24.4 Å². The predicted octanol–water partition coefficient (Wildman–Crippen LogP) is 1.19. The number of rotatable bonds is 6. The first-order valence-corrected chi connectivity index (χ1v) is 7.04. The highest BCUT2D eigenvalue weighted by molar-refractivity contribution is 5.90. The number of anilines is 1. The maximum Gasteiger partial charge on any atom is 0.224 e. The van der Waals surface area contributed by atoms with Gasteiger partial charge < -0.3 is 16.4 Å². The third kappa shape index (κ3) is 4.66. The van der Waals surface area contributed by atoms with E-state index in [1.165, 1.54) is 6.42 Å². The normalized spacial score (nSPS) is 17.9. The molecular weight excluding hydrogens is 254 g/mol. The highest BCUT2D eigenvalue weighted by Gasteiger charge is 2.15. The molecule has 0 radical (unpaired) electrons. The van der Waals surface area contributed by atoms with E-state index in [1.54, 1.807) is 24.3 Å². The quantitative estimate of drug-likeness (QED) is 0.729. The van der Waals surface area contributed by atoms with Gasteiger partial charge in [0.15, 0.2) is 0 Å². The molecule has 0 bridgehead atoms. The van der Waals surface area contributed by atoms with E-state index in [1.807, 2.05) is 0 Å². The Kier molecular flexibility index (Phi) is 5.12. The zero-order valence-corrected chi connectivity index (χ0v) is 11.5. The summed E-state index contributed by atoms with van der Waals surface area (Å²) in [5, 5.41) is 6.24. The summed E-state index contributed by atoms with van der Waals surface area (Å²) in [4.78, 5) is 22.6. The maximum atomic E-state index is 11.8. The molecule has 1 atom stereocenters. The predicted molar refractivity (Wildman–Crippen MR) is 78.2 cm³/mol. The lowest BCUT2D eigenvalue weighted by atomic mass is 10.1. The fraction of sp³-hybridized carbons (Fsp3) is 0.467. The Bertz CT molecular complexity index is 465. The monoisotopic (exact) mass is 275 g/mol. The van der Waals surface area contributed by atoms with Gasteiger partial charge in [0.1, 0.15) is 0 Å². The van der Waals surface area contributed by atoms with Crippen molar-refractivity contribution in [1.82, 2.24) is 5.32 Å². The minimum atomic E-state index is -0.356. The second-order valence-corrected chi connectivity index (χ2v) is 5.22. The van der Waals surface area contributed by atoms with Crippen LogP contribution in [0.4, 0.5) is 5.69 Å². The van der Waals surface area contributed by atoms with E-state index in [-0.39, 0.29) is 18.2 Å². The molecule has 20 heavy (non-hydrogen) atoms. The Morgan fingerprint density at radius 3 is 2.65 bits per heavy atom. The van der Waals surface area contributed by atoms with Gasteiger partial charge in [-0.05, 0) is 43.5 Å². The molecule has 1 unspecified atom stereocenters. The number of carbonyl (C=O) groups excluding carboxylic acids is 2. The van der Waals surface area contributed by atoms with Gasteiger partial charge in [-0.2, -0.15) is 0 Å². The summed E-state index contributed by atoms with van der Waals surface area (Å²) < 4.78 is 0. The molecule has 1 aliphatic heterocycles. The van der Waals surface area contributed by atoms with Crippen molar-refractivity contribution < 1.29 is 9.59 Å². The van der Waals surface area contributed by atoms with Crippen LogP contribution >= 0.6 is 0 Å². The Morgan fingerprint density at radius 1 is 1.30 bits per heavy atom. The van der Waals surface area contributed by atoms with Gasteiger partial charge in [0, 0.05) is 18.2 Å². The molecule has 1 saturated heterocycles. The lowest BCUT2D eigenvalue weighted by molar-refractivity contribution is -0.117. The molecule has 1 aromatic rings. The second kappa shape index (κ2) is 7.05. The van der Waals surface area contributed by atoms with Crippen LogP contribution in [0.3, 0.4) is 0 Å². The van der Waals surface area contributed by atoms with Crippen molar-refractivity contribution in [3.63, 3.8) is 0 Å². The minimum Gasteiger partial charge on any atom is -0.369 e. The Balaban J connectivity index is 1.76. The van der Waals surface area contributed by atoms with Gasteiger partial charge in [0.25, 0.3) is 0 Å². The molecular formula is C15H21N3O2. The first kappa shape index (κ1) is 14.5. The highest BCUT2D eigenvalue weighted by atomic mass is 16.1. The molecule has 1 heterocycles. The van der Waals surface area contributed by atoms with Crippen LogP contribution < -0.4 is 16.4 Å². The molecule has 0 aliphatic carbocycles. The summed E-state index contributed by atoms with van der Waals surface area (Å²) in [6, 6.07) is 7.69. The van der Waals surface area contributed by atoms with Crippen LogP contribution in [0.1, 0.15) is 31.2 Å². The van der Waals surface area contributed by atoms with Crippen LogP contribution in [0.25, 0.3) is 0 Å². The molecule has 5 heteroatoms. The van der Waals surface area contributed by atoms with Crippen LogP contribution in [0.5, 0.6) is 0 Å². The fourth-order valence-corrected chi connectivity index (χ4v) is 2.44. The Labute approximate surface area is 118 Å². The van der Waals surface area contributed by atoms with Crippen LogP contribution in [0.15, 0.2) is 24.3 Å². The van der Waals surface area contributed by atoms with Crippen LogP contribution in [-0.2, 0) is 16.0 Å². The van der Waals surface area contributed by atoms with Gasteiger partial charge in [-0.15, -0.1) is 0 Å². The Hall–Kier alpha value is -1.88. The highest BCUT2D eigenvalue weighted by Crippen LogP contribution is 2.13. The SMILES string of the molecule is NC(=O)Cc1ccc(NC(=O)CCC2CCCN2)cc1. The lowest BCUT2D eigenvalue weighted by Crippen LogP contribution is -2.23. The average Bonchev–Trinajstić information content (AvgIpc) is 2.91. The molecule has 0 saturated carbocycles. The van der Waals surface area contributed by atoms with Gasteiger partial charge in [-0.25, -0.2) is 0 Å². The summed E-state index contributed by atoms with van der Waals surface area (Å²) in [6.45, 7) is 1.06. The molecule has 1 fully saturated rings. The summed E-state index contributed by atoms with van der Waals surface area (Å²) in [5.41, 5.74) is 6.73. The number of amides is 2. The van der Waals surface area contributed by atoms with Crippen molar-refractivity contribution in [3.05, 3.63) is 29.8 Å². The van der Waals surface area contributed by atoms with Crippen molar-refractivity contribution in [1.29, 1.82) is 0 Å². The molecule has 2 rings (SSSR count). The molecule has 108 valence electrons. The van der Waals surface area contributed by atoms with Gasteiger partial charge in [0.05, 0.1) is 6.42 Å². The molecule has 0 aromatic heterocycles. The fourth-order valence-electron chi connectivity index (χ4n) is 2.44. The molecule has 0 spiro atoms. The van der Waals surface area contributed by atoms with E-state index >= 15 is 0 Å². The molecule has 1 aliphatic rings. The number of hydrogen-bond donors (Lipinski definition) is 3. The third-order valence-corrected chi connectivity index (χ3v) is 3.50. The molecule has 5 nitrogen and oxygen atoms in total. The van der Waals surface area contributed by atoms with Gasteiger partial charge in [0.2, 0.25) is 11.8 Å². The number of hydrogen-bond acceptors (Lipinski definition) is 3. The Morgan fingerprint density at radius 2 is 2.05 bits per heavy atom. The summed E-state index contributed by atoms with van der Waals surface area (Å²) in [6.07, 6.45) is 4.00. The first-order chi connectivity index (χ1) is 9.63. The number of nitrogens with one attached hydrogen (secondary N) is 2. The van der Waals surface area contributed by atoms with Gasteiger partial charge in [-0.3, -0.25) is 9.59 Å². The van der Waals surface area contributed by atoms with E-state index in [0.29, 0.717) is 12.5 Å². The van der Waals surface area contributed by atoms with E-state index in [4.69, 9.17) is 5.73 Å². The number of carbonyl (C=O) groups is 2. The van der Waals surface area contributed by atoms with Gasteiger partial charge >= 0.3 is 0 Å². The molecule has 1 aromatic carbocycles. The van der Waals surface area contributed by atoms with Crippen molar-refractivity contribution in [2.45, 2.75) is 38.1 Å². The minimum absolute atomic E-state index is 0.0290. The van der Waals surface area contributed by atoms with E-state index in [0.717, 1.165) is 30.6 Å². The maximum absolute atomic E-state index is 11.8. The van der Waals surface area contributed by atoms with Crippen LogP contribution in [0.2, 0.25) is 0 Å². The standard InChI is InChI=1S/C15H21N3O2/c16-14(19)10-11-3-5-13(6-4-11)18-15(20)8-7-12-2-1-9-17-12/h3-6,12,17H,1-2,7-10H2,(H2,16,19)(H,18,20). The number of primary amides is 1. The van der Waals surface area contributed by atoms with Crippen molar-refractivity contribution in [2.75, 3.05) is 11.9 Å². The van der Waals surface area contributed by atoms with E-state index < -0.39 is 0 Å². The topological polar surface area (TPSA) is 84.2 Å². The van der Waals surface area contributed by atoms with Gasteiger partial charge in [-0.1, -0.05) is 12.1 Å². The van der Waals surface area contributed by atoms with Crippen LogP contribution in [0, 0.1) is 0 Å². The third-order valence-electron chi connectivity index (χ3n) is 3.50. The lowest BCUT2D eigenvalue weighted by Gasteiger charge is -2.10. The van der Waals surface area contributed by atoms with Crippen molar-refractivity contribution in [2.24, 2.45) is 5.73 Å². The zero-order chi connectivity index (χ0) is 14.4. The molecule has 2 amide bonds. The van der Waals surface area contributed by atoms with E-state index in [2.05, 4.69) is 10.6 Å². The summed E-state index contributed by atoms with van der Waals surface area (Å²) >= 11 is 0. The number of benzene rings is 1. The van der Waals surface area contributed by atoms with Crippen molar-refractivity contribution >= 4 is 17.5 Å². The van der Waals surface area contributed by atoms with Crippen molar-refractivity contribution in [3.8, 4) is 0 Å². The largest absolute Gasteiger partial charge is 0.369 e. The number of nitrogens with two attached hydrogens (primary N) is 1. The molecule has 4 N–H and O–H groups in total. The van der Waals surface area contributed by atoms with E-state index in [9.17, 15) is 9.59 Å². The summed E-state index contributed by atoms with van der Waals surface area (Å²) in [5.74, 6) is -0.327. The first-order valence-electron chi connectivity index (χ1n) is 7.04. The zero-order valence-electron chi connectivity index (χ0n) is 11.5. The summed E-state index contributed by atoms with van der Waals surface area (Å²) in [7, 11) is 0. The second-order valence-electron chi connectivity index (χ2n) is 5.22.